The average Bonchev–Trinajstić information content (AvgIpc) is 2.58. The molecule has 94 valence electrons. The lowest BCUT2D eigenvalue weighted by atomic mass is 9.93. The van der Waals surface area contributed by atoms with Crippen molar-refractivity contribution in [1.82, 2.24) is 5.32 Å². The highest BCUT2D eigenvalue weighted by atomic mass is 16.5. The molecular formula is C15H23NO. The zero-order valence-corrected chi connectivity index (χ0v) is 11.1. The summed E-state index contributed by atoms with van der Waals surface area (Å²) in [6.45, 7) is 5.36. The first kappa shape index (κ1) is 12.4. The van der Waals surface area contributed by atoms with Crippen LogP contribution < -0.4 is 10.1 Å². The molecule has 0 fully saturated rings. The summed E-state index contributed by atoms with van der Waals surface area (Å²) in [6, 6.07) is 7.13. The van der Waals surface area contributed by atoms with E-state index in [-0.39, 0.29) is 0 Å². The van der Waals surface area contributed by atoms with Gasteiger partial charge in [0.05, 0.1) is 6.61 Å². The van der Waals surface area contributed by atoms with Crippen LogP contribution in [-0.4, -0.2) is 13.7 Å². The standard InChI is InChI=1S/C15H23NO/c1-4-11(2)12-7-8-15-13(10-12)14(16-3)6-5-9-17-15/h7-8,10-11,14,16H,4-6,9H2,1-3H3. The smallest absolute Gasteiger partial charge is 0.124 e. The van der Waals surface area contributed by atoms with Crippen LogP contribution in [0.2, 0.25) is 0 Å². The van der Waals surface area contributed by atoms with Crippen molar-refractivity contribution in [1.29, 1.82) is 0 Å². The van der Waals surface area contributed by atoms with Crippen molar-refractivity contribution in [3.63, 3.8) is 0 Å². The van der Waals surface area contributed by atoms with Crippen molar-refractivity contribution < 1.29 is 4.74 Å². The molecule has 1 aromatic carbocycles. The number of ether oxygens (including phenoxy) is 1. The Morgan fingerprint density at radius 1 is 1.47 bits per heavy atom. The Bertz CT molecular complexity index is 375. The Balaban J connectivity index is 2.36. The Morgan fingerprint density at radius 3 is 3.00 bits per heavy atom. The fraction of sp³-hybridized carbons (Fsp3) is 0.600. The van der Waals surface area contributed by atoms with Gasteiger partial charge in [0.2, 0.25) is 0 Å². The lowest BCUT2D eigenvalue weighted by molar-refractivity contribution is 0.315. The number of nitrogens with one attached hydrogen (secondary N) is 1. The number of hydrogen-bond donors (Lipinski definition) is 1. The highest BCUT2D eigenvalue weighted by Gasteiger charge is 2.19. The lowest BCUT2D eigenvalue weighted by Crippen LogP contribution is -2.16. The average molecular weight is 233 g/mol. The van der Waals surface area contributed by atoms with Crippen molar-refractivity contribution in [2.75, 3.05) is 13.7 Å². The van der Waals surface area contributed by atoms with Crippen LogP contribution >= 0.6 is 0 Å². The number of fused-ring (bicyclic) bond motifs is 1. The summed E-state index contributed by atoms with van der Waals surface area (Å²) in [4.78, 5) is 0. The van der Waals surface area contributed by atoms with E-state index in [4.69, 9.17) is 4.74 Å². The molecule has 17 heavy (non-hydrogen) atoms. The molecule has 0 radical (unpaired) electrons. The Hall–Kier alpha value is -1.02. The van der Waals surface area contributed by atoms with Crippen LogP contribution in [0.1, 0.15) is 56.2 Å². The van der Waals surface area contributed by atoms with Gasteiger partial charge < -0.3 is 10.1 Å². The van der Waals surface area contributed by atoms with Crippen LogP contribution in [0.5, 0.6) is 5.75 Å². The maximum atomic E-state index is 5.81. The molecule has 0 aromatic heterocycles. The maximum absolute atomic E-state index is 5.81. The van der Waals surface area contributed by atoms with Gasteiger partial charge in [0, 0.05) is 11.6 Å². The molecule has 2 atom stereocenters. The van der Waals surface area contributed by atoms with Gasteiger partial charge in [-0.1, -0.05) is 26.0 Å². The SMILES string of the molecule is CCC(C)c1ccc2c(c1)C(NC)CCCO2. The first-order valence-electron chi connectivity index (χ1n) is 6.70. The lowest BCUT2D eigenvalue weighted by Gasteiger charge is -2.18. The fourth-order valence-electron chi connectivity index (χ4n) is 2.44. The van der Waals surface area contributed by atoms with E-state index in [2.05, 4.69) is 37.4 Å². The summed E-state index contributed by atoms with van der Waals surface area (Å²) in [5, 5.41) is 3.40. The highest BCUT2D eigenvalue weighted by Crippen LogP contribution is 2.34. The van der Waals surface area contributed by atoms with Gasteiger partial charge in [0.15, 0.2) is 0 Å². The zero-order chi connectivity index (χ0) is 12.3. The third-order valence-electron chi connectivity index (χ3n) is 3.83. The third kappa shape index (κ3) is 2.63. The summed E-state index contributed by atoms with van der Waals surface area (Å²) in [5.74, 6) is 1.69. The van der Waals surface area contributed by atoms with E-state index in [1.165, 1.54) is 17.5 Å². The Kier molecular flexibility index (Phi) is 4.06. The summed E-state index contributed by atoms with van der Waals surface area (Å²) in [7, 11) is 2.04. The van der Waals surface area contributed by atoms with Crippen LogP contribution in [0.3, 0.4) is 0 Å². The minimum absolute atomic E-state index is 0.441. The van der Waals surface area contributed by atoms with E-state index in [1.807, 2.05) is 7.05 Å². The molecule has 0 amide bonds. The molecule has 1 aliphatic heterocycles. The molecule has 0 saturated carbocycles. The van der Waals surface area contributed by atoms with Gasteiger partial charge in [-0.15, -0.1) is 0 Å². The van der Waals surface area contributed by atoms with Crippen molar-refractivity contribution in [2.45, 2.75) is 45.1 Å². The molecule has 0 saturated heterocycles. The molecule has 0 spiro atoms. The predicted octanol–water partition coefficient (Wildman–Crippen LogP) is 3.63. The maximum Gasteiger partial charge on any atom is 0.124 e. The van der Waals surface area contributed by atoms with Crippen LogP contribution in [0.15, 0.2) is 18.2 Å². The van der Waals surface area contributed by atoms with Gasteiger partial charge in [-0.3, -0.25) is 0 Å². The van der Waals surface area contributed by atoms with Crippen LogP contribution in [0.25, 0.3) is 0 Å². The normalized spacial score (nSPS) is 21.2. The van der Waals surface area contributed by atoms with Gasteiger partial charge in [0.1, 0.15) is 5.75 Å². The quantitative estimate of drug-likeness (QED) is 0.860. The molecule has 0 aliphatic carbocycles. The van der Waals surface area contributed by atoms with Gasteiger partial charge in [-0.2, -0.15) is 0 Å². The van der Waals surface area contributed by atoms with Gasteiger partial charge in [-0.25, -0.2) is 0 Å². The third-order valence-corrected chi connectivity index (χ3v) is 3.83. The first-order chi connectivity index (χ1) is 8.26. The summed E-state index contributed by atoms with van der Waals surface area (Å²) >= 11 is 0. The molecule has 1 heterocycles. The van der Waals surface area contributed by atoms with Gasteiger partial charge >= 0.3 is 0 Å². The van der Waals surface area contributed by atoms with Crippen LogP contribution in [0, 0.1) is 0 Å². The topological polar surface area (TPSA) is 21.3 Å². The van der Waals surface area contributed by atoms with Crippen molar-refractivity contribution >= 4 is 0 Å². The van der Waals surface area contributed by atoms with E-state index in [1.54, 1.807) is 0 Å². The van der Waals surface area contributed by atoms with Crippen LogP contribution in [-0.2, 0) is 0 Å². The molecule has 2 rings (SSSR count). The highest BCUT2D eigenvalue weighted by molar-refractivity contribution is 5.41. The number of rotatable bonds is 3. The van der Waals surface area contributed by atoms with Gasteiger partial charge in [-0.05, 0) is 43.9 Å². The Labute approximate surface area is 104 Å². The number of hydrogen-bond acceptors (Lipinski definition) is 2. The molecule has 2 unspecified atom stereocenters. The largest absolute Gasteiger partial charge is 0.493 e. The van der Waals surface area contributed by atoms with Crippen molar-refractivity contribution in [2.24, 2.45) is 0 Å². The van der Waals surface area contributed by atoms with Gasteiger partial charge in [0.25, 0.3) is 0 Å². The summed E-state index contributed by atoms with van der Waals surface area (Å²) in [5.41, 5.74) is 2.76. The van der Waals surface area contributed by atoms with Crippen molar-refractivity contribution in [3.8, 4) is 5.75 Å². The van der Waals surface area contributed by atoms with Crippen LogP contribution in [0.4, 0.5) is 0 Å². The number of benzene rings is 1. The molecule has 1 aliphatic rings. The minimum Gasteiger partial charge on any atom is -0.493 e. The zero-order valence-electron chi connectivity index (χ0n) is 11.1. The summed E-state index contributed by atoms with van der Waals surface area (Å²) < 4.78 is 5.81. The molecule has 1 N–H and O–H groups in total. The predicted molar refractivity (Wildman–Crippen MR) is 71.7 cm³/mol. The van der Waals surface area contributed by atoms with E-state index >= 15 is 0 Å². The second-order valence-corrected chi connectivity index (χ2v) is 4.94. The van der Waals surface area contributed by atoms with Crippen molar-refractivity contribution in [3.05, 3.63) is 29.3 Å². The minimum atomic E-state index is 0.441. The molecular weight excluding hydrogens is 210 g/mol. The fourth-order valence-corrected chi connectivity index (χ4v) is 2.44. The van der Waals surface area contributed by atoms with E-state index in [9.17, 15) is 0 Å². The molecule has 2 nitrogen and oxygen atoms in total. The molecule has 1 aromatic rings. The monoisotopic (exact) mass is 233 g/mol. The first-order valence-corrected chi connectivity index (χ1v) is 6.70. The molecule has 2 heteroatoms. The second-order valence-electron chi connectivity index (χ2n) is 4.94. The van der Waals surface area contributed by atoms with E-state index in [0.717, 1.165) is 25.2 Å². The summed E-state index contributed by atoms with van der Waals surface area (Å²) in [6.07, 6.45) is 3.47. The van der Waals surface area contributed by atoms with E-state index < -0.39 is 0 Å². The Morgan fingerprint density at radius 2 is 2.29 bits per heavy atom. The molecule has 0 bridgehead atoms. The van der Waals surface area contributed by atoms with E-state index in [0.29, 0.717) is 12.0 Å². The second kappa shape index (κ2) is 5.54.